The first-order valence-electron chi connectivity index (χ1n) is 6.62. The zero-order chi connectivity index (χ0) is 13.0. The van der Waals surface area contributed by atoms with E-state index in [-0.39, 0.29) is 6.04 Å². The van der Waals surface area contributed by atoms with Crippen LogP contribution in [-0.4, -0.2) is 0 Å². The molecule has 1 aromatic carbocycles. The topological polar surface area (TPSA) is 38.0 Å². The van der Waals surface area contributed by atoms with Crippen LogP contribution in [0, 0.1) is 5.92 Å². The smallest absolute Gasteiger partial charge is 0.0595 e. The summed E-state index contributed by atoms with van der Waals surface area (Å²) >= 11 is 12.0. The van der Waals surface area contributed by atoms with E-state index in [0.717, 1.165) is 17.9 Å². The maximum Gasteiger partial charge on any atom is 0.0595 e. The van der Waals surface area contributed by atoms with Crippen LogP contribution >= 0.6 is 23.2 Å². The number of benzene rings is 1. The first-order valence-corrected chi connectivity index (χ1v) is 7.37. The number of nitrogens with one attached hydrogen (secondary N) is 1. The Balaban J connectivity index is 1.96. The van der Waals surface area contributed by atoms with Crippen molar-refractivity contribution in [3.8, 4) is 0 Å². The Morgan fingerprint density at radius 2 is 1.94 bits per heavy atom. The van der Waals surface area contributed by atoms with Gasteiger partial charge in [0.25, 0.3) is 0 Å². The molecule has 0 heterocycles. The largest absolute Gasteiger partial charge is 0.271 e. The van der Waals surface area contributed by atoms with Gasteiger partial charge in [-0.25, -0.2) is 0 Å². The third kappa shape index (κ3) is 3.61. The van der Waals surface area contributed by atoms with Gasteiger partial charge in [0.1, 0.15) is 0 Å². The highest BCUT2D eigenvalue weighted by molar-refractivity contribution is 6.42. The molecule has 0 spiro atoms. The number of hydrazine groups is 1. The fourth-order valence-corrected chi connectivity index (χ4v) is 3.08. The molecule has 3 N–H and O–H groups in total. The van der Waals surface area contributed by atoms with E-state index in [1.807, 2.05) is 18.2 Å². The van der Waals surface area contributed by atoms with E-state index in [0.29, 0.717) is 10.0 Å². The number of rotatable bonds is 5. The lowest BCUT2D eigenvalue weighted by Crippen LogP contribution is -2.28. The Morgan fingerprint density at radius 1 is 1.22 bits per heavy atom. The number of hydrogen-bond acceptors (Lipinski definition) is 2. The first kappa shape index (κ1) is 14.1. The molecule has 1 aliphatic rings. The molecule has 1 atom stereocenters. The molecule has 18 heavy (non-hydrogen) atoms. The van der Waals surface area contributed by atoms with Gasteiger partial charge in [-0.05, 0) is 36.5 Å². The van der Waals surface area contributed by atoms with Crippen molar-refractivity contribution in [2.24, 2.45) is 11.8 Å². The summed E-state index contributed by atoms with van der Waals surface area (Å²) in [5.74, 6) is 6.53. The highest BCUT2D eigenvalue weighted by Gasteiger charge is 2.18. The third-order valence-corrected chi connectivity index (χ3v) is 4.62. The lowest BCUT2D eigenvalue weighted by atomic mass is 9.95. The second-order valence-corrected chi connectivity index (χ2v) is 5.94. The van der Waals surface area contributed by atoms with Crippen LogP contribution < -0.4 is 11.3 Å². The highest BCUT2D eigenvalue weighted by Crippen LogP contribution is 2.32. The fourth-order valence-electron chi connectivity index (χ4n) is 2.78. The van der Waals surface area contributed by atoms with Crippen molar-refractivity contribution in [3.63, 3.8) is 0 Å². The average Bonchev–Trinajstić information content (AvgIpc) is 2.87. The SMILES string of the molecule is NNC(CCC1CCCC1)c1ccc(Cl)c(Cl)c1. The maximum atomic E-state index is 6.04. The van der Waals surface area contributed by atoms with Gasteiger partial charge < -0.3 is 0 Å². The molecule has 4 heteroatoms. The summed E-state index contributed by atoms with van der Waals surface area (Å²) in [5, 5.41) is 1.18. The van der Waals surface area contributed by atoms with E-state index in [1.165, 1.54) is 32.1 Å². The minimum atomic E-state index is 0.167. The summed E-state index contributed by atoms with van der Waals surface area (Å²) in [4.78, 5) is 0. The second-order valence-electron chi connectivity index (χ2n) is 5.12. The van der Waals surface area contributed by atoms with Crippen LogP contribution in [0.25, 0.3) is 0 Å². The lowest BCUT2D eigenvalue weighted by molar-refractivity contribution is 0.416. The van der Waals surface area contributed by atoms with Gasteiger partial charge in [0.15, 0.2) is 0 Å². The van der Waals surface area contributed by atoms with E-state index in [2.05, 4.69) is 5.43 Å². The number of nitrogens with two attached hydrogens (primary N) is 1. The van der Waals surface area contributed by atoms with Crippen LogP contribution in [0.2, 0.25) is 10.0 Å². The van der Waals surface area contributed by atoms with Gasteiger partial charge in [-0.1, -0.05) is 55.0 Å². The molecule has 1 aliphatic carbocycles. The van der Waals surface area contributed by atoms with Gasteiger partial charge in [-0.15, -0.1) is 0 Å². The molecule has 1 aromatic rings. The number of hydrogen-bond donors (Lipinski definition) is 2. The van der Waals surface area contributed by atoms with Crippen molar-refractivity contribution >= 4 is 23.2 Å². The summed E-state index contributed by atoms with van der Waals surface area (Å²) in [6.07, 6.45) is 7.81. The Morgan fingerprint density at radius 3 is 2.56 bits per heavy atom. The monoisotopic (exact) mass is 286 g/mol. The van der Waals surface area contributed by atoms with Crippen LogP contribution in [0.15, 0.2) is 18.2 Å². The normalized spacial score (nSPS) is 18.2. The molecule has 0 radical (unpaired) electrons. The Kier molecular flexibility index (Phi) is 5.31. The van der Waals surface area contributed by atoms with E-state index in [1.54, 1.807) is 0 Å². The molecule has 0 amide bonds. The standard InChI is InChI=1S/C14H20Cl2N2/c15-12-7-6-11(9-13(12)16)14(18-17)8-5-10-3-1-2-4-10/h6-7,9-10,14,18H,1-5,8,17H2. The molecule has 0 aromatic heterocycles. The Labute approximate surface area is 119 Å². The summed E-state index contributed by atoms with van der Waals surface area (Å²) in [7, 11) is 0. The van der Waals surface area contributed by atoms with Crippen LogP contribution in [0.5, 0.6) is 0 Å². The summed E-state index contributed by atoms with van der Waals surface area (Å²) in [6, 6.07) is 5.90. The molecular formula is C14H20Cl2N2. The minimum Gasteiger partial charge on any atom is -0.271 e. The molecule has 100 valence electrons. The van der Waals surface area contributed by atoms with Gasteiger partial charge in [-0.2, -0.15) is 0 Å². The van der Waals surface area contributed by atoms with E-state index < -0.39 is 0 Å². The zero-order valence-corrected chi connectivity index (χ0v) is 12.0. The summed E-state index contributed by atoms with van der Waals surface area (Å²) < 4.78 is 0. The van der Waals surface area contributed by atoms with E-state index in [4.69, 9.17) is 29.0 Å². The van der Waals surface area contributed by atoms with Crippen LogP contribution in [0.3, 0.4) is 0 Å². The molecule has 0 saturated heterocycles. The van der Waals surface area contributed by atoms with Crippen molar-refractivity contribution in [1.82, 2.24) is 5.43 Å². The lowest BCUT2D eigenvalue weighted by Gasteiger charge is -2.19. The minimum absolute atomic E-state index is 0.167. The van der Waals surface area contributed by atoms with E-state index in [9.17, 15) is 0 Å². The van der Waals surface area contributed by atoms with Crippen molar-refractivity contribution in [2.75, 3.05) is 0 Å². The predicted octanol–water partition coefficient (Wildman–Crippen LogP) is 4.47. The second kappa shape index (κ2) is 6.76. The summed E-state index contributed by atoms with van der Waals surface area (Å²) in [5.41, 5.74) is 4.00. The highest BCUT2D eigenvalue weighted by atomic mass is 35.5. The average molecular weight is 287 g/mol. The van der Waals surface area contributed by atoms with Crippen LogP contribution in [0.1, 0.15) is 50.1 Å². The first-order chi connectivity index (χ1) is 8.70. The quantitative estimate of drug-likeness (QED) is 0.619. The molecule has 1 fully saturated rings. The van der Waals surface area contributed by atoms with Crippen LogP contribution in [0.4, 0.5) is 0 Å². The maximum absolute atomic E-state index is 6.04. The van der Waals surface area contributed by atoms with Gasteiger partial charge in [0, 0.05) is 6.04 Å². The summed E-state index contributed by atoms with van der Waals surface area (Å²) in [6.45, 7) is 0. The molecule has 2 nitrogen and oxygen atoms in total. The molecule has 1 unspecified atom stereocenters. The molecule has 2 rings (SSSR count). The number of halogens is 2. The fraction of sp³-hybridized carbons (Fsp3) is 0.571. The van der Waals surface area contributed by atoms with Gasteiger partial charge in [0.05, 0.1) is 10.0 Å². The van der Waals surface area contributed by atoms with E-state index >= 15 is 0 Å². The van der Waals surface area contributed by atoms with Gasteiger partial charge in [-0.3, -0.25) is 11.3 Å². The Bertz CT molecular complexity index is 389. The van der Waals surface area contributed by atoms with Crippen molar-refractivity contribution in [1.29, 1.82) is 0 Å². The van der Waals surface area contributed by atoms with Crippen molar-refractivity contribution in [2.45, 2.75) is 44.6 Å². The molecule has 1 saturated carbocycles. The molecule has 0 aliphatic heterocycles. The van der Waals surface area contributed by atoms with Crippen LogP contribution in [-0.2, 0) is 0 Å². The van der Waals surface area contributed by atoms with Crippen molar-refractivity contribution in [3.05, 3.63) is 33.8 Å². The van der Waals surface area contributed by atoms with Gasteiger partial charge >= 0.3 is 0 Å². The zero-order valence-electron chi connectivity index (χ0n) is 10.5. The Hall–Kier alpha value is -0.280. The third-order valence-electron chi connectivity index (χ3n) is 3.89. The molecular weight excluding hydrogens is 267 g/mol. The van der Waals surface area contributed by atoms with Crippen molar-refractivity contribution < 1.29 is 0 Å². The molecule has 0 bridgehead atoms. The predicted molar refractivity (Wildman–Crippen MR) is 77.7 cm³/mol. The van der Waals surface area contributed by atoms with Gasteiger partial charge in [0.2, 0.25) is 0 Å².